The van der Waals surface area contributed by atoms with Crippen molar-refractivity contribution in [2.75, 3.05) is 42.5 Å². The number of aryl methyl sites for hydroxylation is 1. The SMILES string of the molecule is C=CC(=O)N1CC2(CCN(c3nc(-c4ccccc4F)c4c(n3)N(c3cccc5cccc(C)c35)CC4)C2)C1. The van der Waals surface area contributed by atoms with Crippen molar-refractivity contribution < 1.29 is 9.18 Å². The highest BCUT2D eigenvalue weighted by Crippen LogP contribution is 2.45. The Morgan fingerprint density at radius 3 is 2.59 bits per heavy atom. The standard InChI is InChI=1S/C32H30FN5O/c1-3-27(39)37-19-32(20-37)15-17-36(18-32)31-34-29(23-11-4-5-12-25(23)33)24-14-16-38(30(24)35-31)26-13-7-10-22-9-6-8-21(2)28(22)26/h3-13H,1,14-20H2,2H3. The number of amides is 1. The van der Waals surface area contributed by atoms with Crippen LogP contribution in [0.3, 0.4) is 0 Å². The normalized spacial score (nSPS) is 17.5. The van der Waals surface area contributed by atoms with Gasteiger partial charge in [0.15, 0.2) is 0 Å². The lowest BCUT2D eigenvalue weighted by Gasteiger charge is -2.47. The van der Waals surface area contributed by atoms with E-state index in [0.29, 0.717) is 17.2 Å². The highest BCUT2D eigenvalue weighted by molar-refractivity contribution is 5.99. The first kappa shape index (κ1) is 23.8. The smallest absolute Gasteiger partial charge is 0.245 e. The van der Waals surface area contributed by atoms with Gasteiger partial charge >= 0.3 is 0 Å². The molecular formula is C32H30FN5O. The number of carbonyl (C=O) groups excluding carboxylic acids is 1. The average Bonchev–Trinajstić information content (AvgIpc) is 3.57. The number of carbonyl (C=O) groups is 1. The maximum Gasteiger partial charge on any atom is 0.245 e. The summed E-state index contributed by atoms with van der Waals surface area (Å²) >= 11 is 0. The number of benzene rings is 3. The molecule has 0 N–H and O–H groups in total. The minimum absolute atomic E-state index is 0.0179. The highest BCUT2D eigenvalue weighted by atomic mass is 19.1. The average molecular weight is 520 g/mol. The number of hydrogen-bond donors (Lipinski definition) is 0. The molecule has 0 radical (unpaired) electrons. The molecule has 0 bridgehead atoms. The summed E-state index contributed by atoms with van der Waals surface area (Å²) in [5, 5.41) is 2.40. The zero-order valence-electron chi connectivity index (χ0n) is 22.0. The van der Waals surface area contributed by atoms with Crippen molar-refractivity contribution in [2.45, 2.75) is 19.8 Å². The molecule has 4 heterocycles. The van der Waals surface area contributed by atoms with Crippen molar-refractivity contribution in [1.82, 2.24) is 14.9 Å². The van der Waals surface area contributed by atoms with Gasteiger partial charge in [-0.25, -0.2) is 9.37 Å². The van der Waals surface area contributed by atoms with Gasteiger partial charge in [-0.1, -0.05) is 49.0 Å². The molecule has 6 nitrogen and oxygen atoms in total. The van der Waals surface area contributed by atoms with Gasteiger partial charge in [-0.15, -0.1) is 0 Å². The van der Waals surface area contributed by atoms with Crippen LogP contribution in [0.5, 0.6) is 0 Å². The molecule has 1 aromatic heterocycles. The van der Waals surface area contributed by atoms with E-state index in [9.17, 15) is 4.79 Å². The maximum absolute atomic E-state index is 15.1. The third kappa shape index (κ3) is 3.79. The maximum atomic E-state index is 15.1. The Hall–Kier alpha value is -4.26. The molecule has 0 unspecified atom stereocenters. The molecule has 0 aliphatic carbocycles. The van der Waals surface area contributed by atoms with Crippen molar-refractivity contribution >= 4 is 34.1 Å². The van der Waals surface area contributed by atoms with E-state index in [1.165, 1.54) is 28.5 Å². The third-order valence-electron chi connectivity index (χ3n) is 8.59. The van der Waals surface area contributed by atoms with Gasteiger partial charge < -0.3 is 14.7 Å². The number of halogens is 1. The van der Waals surface area contributed by atoms with Crippen LogP contribution in [-0.2, 0) is 11.2 Å². The van der Waals surface area contributed by atoms with Crippen LogP contribution >= 0.6 is 0 Å². The molecule has 1 spiro atoms. The Bertz CT molecular complexity index is 1640. The molecule has 39 heavy (non-hydrogen) atoms. The number of hydrogen-bond acceptors (Lipinski definition) is 5. The fraction of sp³-hybridized carbons (Fsp3) is 0.281. The summed E-state index contributed by atoms with van der Waals surface area (Å²) in [5.74, 6) is 1.18. The van der Waals surface area contributed by atoms with Gasteiger partial charge in [-0.2, -0.15) is 4.98 Å². The first-order chi connectivity index (χ1) is 19.0. The second-order valence-electron chi connectivity index (χ2n) is 11.1. The van der Waals surface area contributed by atoms with Gasteiger partial charge in [0.05, 0.1) is 11.4 Å². The number of anilines is 3. The summed E-state index contributed by atoms with van der Waals surface area (Å²) in [6, 6.07) is 19.6. The van der Waals surface area contributed by atoms with Gasteiger partial charge in [0, 0.05) is 54.7 Å². The van der Waals surface area contributed by atoms with Crippen molar-refractivity contribution in [3.63, 3.8) is 0 Å². The lowest BCUT2D eigenvalue weighted by molar-refractivity contribution is -0.136. The van der Waals surface area contributed by atoms with Gasteiger partial charge in [-0.3, -0.25) is 4.79 Å². The number of fused-ring (bicyclic) bond motifs is 2. The molecule has 196 valence electrons. The Kier molecular flexibility index (Phi) is 5.44. The summed E-state index contributed by atoms with van der Waals surface area (Å²) < 4.78 is 15.1. The fourth-order valence-electron chi connectivity index (χ4n) is 6.64. The fourth-order valence-corrected chi connectivity index (χ4v) is 6.64. The third-order valence-corrected chi connectivity index (χ3v) is 8.59. The monoisotopic (exact) mass is 519 g/mol. The van der Waals surface area contributed by atoms with Crippen LogP contribution in [0.1, 0.15) is 17.5 Å². The van der Waals surface area contributed by atoms with Crippen molar-refractivity contribution in [3.05, 3.63) is 90.3 Å². The summed E-state index contributed by atoms with van der Waals surface area (Å²) in [4.78, 5) is 28.6. The summed E-state index contributed by atoms with van der Waals surface area (Å²) in [5.41, 5.74) is 4.54. The second kappa shape index (κ2) is 8.90. The van der Waals surface area contributed by atoms with Gasteiger partial charge in [0.25, 0.3) is 0 Å². The molecule has 0 atom stereocenters. The van der Waals surface area contributed by atoms with E-state index >= 15 is 4.39 Å². The van der Waals surface area contributed by atoms with E-state index in [-0.39, 0.29) is 17.1 Å². The van der Waals surface area contributed by atoms with Gasteiger partial charge in [0.2, 0.25) is 11.9 Å². The first-order valence-electron chi connectivity index (χ1n) is 13.5. The minimum Gasteiger partial charge on any atom is -0.340 e. The van der Waals surface area contributed by atoms with E-state index in [2.05, 4.69) is 59.7 Å². The Labute approximate surface area is 227 Å². The molecule has 4 aromatic rings. The van der Waals surface area contributed by atoms with Gasteiger partial charge in [0.1, 0.15) is 11.6 Å². The Morgan fingerprint density at radius 2 is 1.79 bits per heavy atom. The number of rotatable bonds is 4. The molecule has 7 heteroatoms. The lowest BCUT2D eigenvalue weighted by atomic mass is 9.79. The van der Waals surface area contributed by atoms with Crippen LogP contribution in [0.2, 0.25) is 0 Å². The predicted molar refractivity (Wildman–Crippen MR) is 153 cm³/mol. The molecule has 2 saturated heterocycles. The molecule has 3 aromatic carbocycles. The topological polar surface area (TPSA) is 52.6 Å². The van der Waals surface area contributed by atoms with Gasteiger partial charge in [-0.05, 0) is 55.0 Å². The molecule has 7 rings (SSSR count). The number of nitrogens with zero attached hydrogens (tertiary/aromatic N) is 5. The summed E-state index contributed by atoms with van der Waals surface area (Å²) in [7, 11) is 0. The molecule has 1 amide bonds. The van der Waals surface area contributed by atoms with Crippen LogP contribution in [0.4, 0.5) is 21.8 Å². The molecule has 3 aliphatic rings. The van der Waals surface area contributed by atoms with Crippen molar-refractivity contribution in [3.8, 4) is 11.3 Å². The van der Waals surface area contributed by atoms with Crippen molar-refractivity contribution in [2.24, 2.45) is 5.41 Å². The number of likely N-dealkylation sites (tertiary alicyclic amines) is 1. The molecular weight excluding hydrogens is 489 g/mol. The second-order valence-corrected chi connectivity index (χ2v) is 11.1. The van der Waals surface area contributed by atoms with Crippen LogP contribution in [-0.4, -0.2) is 53.5 Å². The Balaban J connectivity index is 1.33. The summed E-state index contributed by atoms with van der Waals surface area (Å²) in [6.45, 7) is 9.54. The molecule has 0 saturated carbocycles. The zero-order valence-corrected chi connectivity index (χ0v) is 22.0. The van der Waals surface area contributed by atoms with E-state index in [4.69, 9.17) is 9.97 Å². The minimum atomic E-state index is -0.278. The molecule has 2 fully saturated rings. The van der Waals surface area contributed by atoms with E-state index < -0.39 is 0 Å². The van der Waals surface area contributed by atoms with Crippen LogP contribution < -0.4 is 9.80 Å². The molecule has 3 aliphatic heterocycles. The van der Waals surface area contributed by atoms with E-state index in [1.54, 1.807) is 6.07 Å². The van der Waals surface area contributed by atoms with Crippen LogP contribution in [0.15, 0.2) is 73.3 Å². The highest BCUT2D eigenvalue weighted by Gasteiger charge is 2.49. The van der Waals surface area contributed by atoms with Crippen LogP contribution in [0, 0.1) is 18.2 Å². The largest absolute Gasteiger partial charge is 0.340 e. The summed E-state index contributed by atoms with van der Waals surface area (Å²) in [6.07, 6.45) is 3.09. The predicted octanol–water partition coefficient (Wildman–Crippen LogP) is 5.66. The zero-order chi connectivity index (χ0) is 26.7. The van der Waals surface area contributed by atoms with Crippen molar-refractivity contribution in [1.29, 1.82) is 0 Å². The van der Waals surface area contributed by atoms with E-state index in [0.717, 1.165) is 62.6 Å². The Morgan fingerprint density at radius 1 is 1.00 bits per heavy atom. The lowest BCUT2D eigenvalue weighted by Crippen LogP contribution is -2.59. The number of aromatic nitrogens is 2. The first-order valence-corrected chi connectivity index (χ1v) is 13.5. The van der Waals surface area contributed by atoms with Crippen LogP contribution in [0.25, 0.3) is 22.0 Å². The van der Waals surface area contributed by atoms with E-state index in [1.807, 2.05) is 17.0 Å². The quantitative estimate of drug-likeness (QED) is 0.326.